The van der Waals surface area contributed by atoms with E-state index in [9.17, 15) is 14.4 Å². The lowest BCUT2D eigenvalue weighted by Crippen LogP contribution is -2.35. The van der Waals surface area contributed by atoms with E-state index in [-0.39, 0.29) is 34.5 Å². The molecule has 192 valence electrons. The van der Waals surface area contributed by atoms with Gasteiger partial charge in [0.25, 0.3) is 0 Å². The van der Waals surface area contributed by atoms with Gasteiger partial charge in [0.1, 0.15) is 11.2 Å². The molecule has 6 rings (SSSR count). The molecule has 0 radical (unpaired) electrons. The normalized spacial score (nSPS) is 15.5. The monoisotopic (exact) mass is 530 g/mol. The van der Waals surface area contributed by atoms with Crippen molar-refractivity contribution < 1.29 is 19.1 Å². The van der Waals surface area contributed by atoms with Gasteiger partial charge in [-0.2, -0.15) is 0 Å². The molecular formula is C27H23ClN6O4. The first kappa shape index (κ1) is 23.9. The van der Waals surface area contributed by atoms with E-state index in [0.717, 1.165) is 12.8 Å². The van der Waals surface area contributed by atoms with Crippen LogP contribution in [0, 0.1) is 11.3 Å². The van der Waals surface area contributed by atoms with Crippen molar-refractivity contribution in [3.8, 4) is 11.6 Å². The van der Waals surface area contributed by atoms with E-state index in [2.05, 4.69) is 26.0 Å². The third kappa shape index (κ3) is 4.90. The van der Waals surface area contributed by atoms with Crippen molar-refractivity contribution in [2.75, 3.05) is 16.0 Å². The zero-order chi connectivity index (χ0) is 26.3. The minimum Gasteiger partial charge on any atom is -0.436 e. The first-order chi connectivity index (χ1) is 18.4. The fourth-order valence-corrected chi connectivity index (χ4v) is 4.25. The number of rotatable bonds is 8. The van der Waals surface area contributed by atoms with Crippen molar-refractivity contribution in [1.29, 1.82) is 0 Å². The Kier molecular flexibility index (Phi) is 5.96. The van der Waals surface area contributed by atoms with Gasteiger partial charge in [-0.3, -0.25) is 14.4 Å². The molecule has 11 heteroatoms. The van der Waals surface area contributed by atoms with Gasteiger partial charge in [-0.05, 0) is 62.1 Å². The molecule has 3 amide bonds. The van der Waals surface area contributed by atoms with Crippen LogP contribution in [0.1, 0.15) is 25.7 Å². The lowest BCUT2D eigenvalue weighted by Gasteiger charge is -2.16. The molecule has 2 aliphatic rings. The van der Waals surface area contributed by atoms with Crippen LogP contribution in [0.5, 0.6) is 11.6 Å². The van der Waals surface area contributed by atoms with E-state index in [1.54, 1.807) is 48.7 Å². The Labute approximate surface area is 222 Å². The fraction of sp³-hybridized carbons (Fsp3) is 0.222. The third-order valence-corrected chi connectivity index (χ3v) is 6.85. The number of anilines is 3. The number of imidazole rings is 1. The average molecular weight is 531 g/mol. The zero-order valence-corrected chi connectivity index (χ0v) is 20.9. The van der Waals surface area contributed by atoms with Crippen molar-refractivity contribution in [3.63, 3.8) is 0 Å². The van der Waals surface area contributed by atoms with E-state index >= 15 is 0 Å². The molecule has 0 aliphatic heterocycles. The second kappa shape index (κ2) is 9.46. The zero-order valence-electron chi connectivity index (χ0n) is 20.1. The molecule has 10 nitrogen and oxygen atoms in total. The summed E-state index contributed by atoms with van der Waals surface area (Å²) in [6, 6.07) is 17.2. The van der Waals surface area contributed by atoms with Crippen LogP contribution in [0.25, 0.3) is 5.65 Å². The summed E-state index contributed by atoms with van der Waals surface area (Å²) in [6.07, 6.45) is 4.37. The Balaban J connectivity index is 1.11. The van der Waals surface area contributed by atoms with Crippen LogP contribution in [0.4, 0.5) is 17.2 Å². The van der Waals surface area contributed by atoms with Gasteiger partial charge in [-0.15, -0.1) is 5.10 Å². The van der Waals surface area contributed by atoms with E-state index in [4.69, 9.17) is 16.3 Å². The molecule has 0 spiro atoms. The van der Waals surface area contributed by atoms with E-state index in [1.165, 1.54) is 4.52 Å². The first-order valence-corrected chi connectivity index (χ1v) is 12.6. The first-order valence-electron chi connectivity index (χ1n) is 12.2. The highest BCUT2D eigenvalue weighted by molar-refractivity contribution is 6.32. The number of benzene rings is 2. The molecule has 38 heavy (non-hydrogen) atoms. The van der Waals surface area contributed by atoms with Crippen LogP contribution in [0.3, 0.4) is 0 Å². The lowest BCUT2D eigenvalue weighted by atomic mass is 10.0. The van der Waals surface area contributed by atoms with Crippen LogP contribution in [0.2, 0.25) is 5.02 Å². The Hall–Kier alpha value is -4.44. The van der Waals surface area contributed by atoms with E-state index in [0.29, 0.717) is 41.4 Å². The second-order valence-electron chi connectivity index (χ2n) is 9.47. The highest BCUT2D eigenvalue weighted by Gasteiger charge is 2.56. The number of para-hydroxylation sites is 1. The molecule has 0 saturated heterocycles. The molecule has 2 aromatic heterocycles. The van der Waals surface area contributed by atoms with Crippen molar-refractivity contribution in [2.45, 2.75) is 25.7 Å². The lowest BCUT2D eigenvalue weighted by molar-refractivity contribution is -0.131. The number of amides is 3. The fourth-order valence-electron chi connectivity index (χ4n) is 4.03. The SMILES string of the molecule is O=C(Nc1cn2nc(Oc3ccc(NC(=O)C4(C(=O)Nc5ccccc5)CC4)cc3Cl)ccc2n1)C1CC1. The Morgan fingerprint density at radius 3 is 2.34 bits per heavy atom. The van der Waals surface area contributed by atoms with Crippen LogP contribution >= 0.6 is 11.6 Å². The van der Waals surface area contributed by atoms with Crippen molar-refractivity contribution in [2.24, 2.45) is 11.3 Å². The number of fused-ring (bicyclic) bond motifs is 1. The molecule has 3 N–H and O–H groups in total. The molecule has 2 fully saturated rings. The van der Waals surface area contributed by atoms with Crippen molar-refractivity contribution in [1.82, 2.24) is 14.6 Å². The quantitative estimate of drug-likeness (QED) is 0.279. The summed E-state index contributed by atoms with van der Waals surface area (Å²) in [5.41, 5.74) is 0.541. The smallest absolute Gasteiger partial charge is 0.240 e. The van der Waals surface area contributed by atoms with Gasteiger partial charge in [-0.1, -0.05) is 29.8 Å². The second-order valence-corrected chi connectivity index (χ2v) is 9.87. The largest absolute Gasteiger partial charge is 0.436 e. The summed E-state index contributed by atoms with van der Waals surface area (Å²) < 4.78 is 7.35. The highest BCUT2D eigenvalue weighted by atomic mass is 35.5. The minimum atomic E-state index is -1.10. The van der Waals surface area contributed by atoms with E-state index in [1.807, 2.05) is 18.2 Å². The Bertz CT molecular complexity index is 1560. The van der Waals surface area contributed by atoms with Crippen molar-refractivity contribution >= 4 is 52.2 Å². The number of carbonyl (C=O) groups is 3. The van der Waals surface area contributed by atoms with E-state index < -0.39 is 5.41 Å². The van der Waals surface area contributed by atoms with Gasteiger partial charge < -0.3 is 20.7 Å². The topological polar surface area (TPSA) is 127 Å². The number of carbonyl (C=O) groups excluding carboxylic acids is 3. The number of nitrogens with one attached hydrogen (secondary N) is 3. The highest BCUT2D eigenvalue weighted by Crippen LogP contribution is 2.47. The van der Waals surface area contributed by atoms with Gasteiger partial charge in [0.15, 0.2) is 11.5 Å². The molecule has 0 bridgehead atoms. The standard InChI is InChI=1S/C27H23ClN6O4/c28-19-14-18(30-26(37)27(12-13-27)25(36)29-17-4-2-1-3-5-17)8-9-20(19)38-23-11-10-22-31-21(15-34(22)33-23)32-24(35)16-6-7-16/h1-5,8-11,14-16H,6-7,12-13H2,(H,29,36)(H,30,37)(H,32,35). The van der Waals surface area contributed by atoms with Gasteiger partial charge >= 0.3 is 0 Å². The predicted octanol–water partition coefficient (Wildman–Crippen LogP) is 4.88. The van der Waals surface area contributed by atoms with Gasteiger partial charge in [-0.25, -0.2) is 9.50 Å². The molecule has 0 atom stereocenters. The Morgan fingerprint density at radius 2 is 1.66 bits per heavy atom. The van der Waals surface area contributed by atoms with Crippen LogP contribution in [-0.4, -0.2) is 32.3 Å². The number of halogens is 1. The van der Waals surface area contributed by atoms with Gasteiger partial charge in [0, 0.05) is 23.4 Å². The van der Waals surface area contributed by atoms with Crippen LogP contribution < -0.4 is 20.7 Å². The number of hydrogen-bond acceptors (Lipinski definition) is 6. The molecule has 2 aliphatic carbocycles. The Morgan fingerprint density at radius 1 is 0.921 bits per heavy atom. The average Bonchev–Trinajstić information content (AvgIpc) is 3.82. The molecule has 0 unspecified atom stereocenters. The summed E-state index contributed by atoms with van der Waals surface area (Å²) in [4.78, 5) is 42.1. The predicted molar refractivity (Wildman–Crippen MR) is 141 cm³/mol. The number of aromatic nitrogens is 3. The van der Waals surface area contributed by atoms with Crippen molar-refractivity contribution in [3.05, 3.63) is 71.9 Å². The summed E-state index contributed by atoms with van der Waals surface area (Å²) in [5.74, 6) is 0.354. The summed E-state index contributed by atoms with van der Waals surface area (Å²) in [6.45, 7) is 0. The maximum atomic E-state index is 13.0. The summed E-state index contributed by atoms with van der Waals surface area (Å²) >= 11 is 6.43. The maximum absolute atomic E-state index is 13.0. The van der Waals surface area contributed by atoms with Crippen LogP contribution in [-0.2, 0) is 14.4 Å². The van der Waals surface area contributed by atoms with Crippen LogP contribution in [0.15, 0.2) is 66.9 Å². The number of nitrogens with zero attached hydrogens (tertiary/aromatic N) is 3. The molecule has 2 aromatic carbocycles. The molecule has 4 aromatic rings. The molecule has 2 heterocycles. The van der Waals surface area contributed by atoms with Gasteiger partial charge in [0.05, 0.1) is 11.2 Å². The summed E-state index contributed by atoms with van der Waals surface area (Å²) in [7, 11) is 0. The molecule has 2 saturated carbocycles. The minimum absolute atomic E-state index is 0.0340. The molecular weight excluding hydrogens is 508 g/mol. The number of ether oxygens (including phenoxy) is 1. The maximum Gasteiger partial charge on any atom is 0.240 e. The van der Waals surface area contributed by atoms with Gasteiger partial charge in [0.2, 0.25) is 23.6 Å². The third-order valence-electron chi connectivity index (χ3n) is 6.55. The number of hydrogen-bond donors (Lipinski definition) is 3. The summed E-state index contributed by atoms with van der Waals surface area (Å²) in [5, 5.41) is 13.0.